The van der Waals surface area contributed by atoms with E-state index in [2.05, 4.69) is 15.2 Å². The predicted molar refractivity (Wildman–Crippen MR) is 108 cm³/mol. The first-order valence-corrected chi connectivity index (χ1v) is 9.23. The Labute approximate surface area is 170 Å². The molecule has 0 atom stereocenters. The maximum absolute atomic E-state index is 11.7. The summed E-state index contributed by atoms with van der Waals surface area (Å²) in [6.45, 7) is 0. The summed E-state index contributed by atoms with van der Waals surface area (Å²) in [6, 6.07) is 12.2. The second-order valence-electron chi connectivity index (χ2n) is 5.47. The largest absolute Gasteiger partial charge is 0.496 e. The second-order valence-corrected chi connectivity index (χ2v) is 6.91. The number of ether oxygens (including phenoxy) is 2. The van der Waals surface area contributed by atoms with Crippen LogP contribution in [0.2, 0.25) is 5.02 Å². The van der Waals surface area contributed by atoms with Gasteiger partial charge in [-0.3, -0.25) is 5.10 Å². The molecule has 28 heavy (non-hydrogen) atoms. The Morgan fingerprint density at radius 2 is 1.93 bits per heavy atom. The van der Waals surface area contributed by atoms with Crippen LogP contribution >= 0.6 is 23.4 Å². The first-order valence-electron chi connectivity index (χ1n) is 8.04. The Kier molecular flexibility index (Phi) is 6.23. The number of nitrogens with one attached hydrogen (secondary N) is 1. The van der Waals surface area contributed by atoms with E-state index < -0.39 is 5.97 Å². The first-order chi connectivity index (χ1) is 13.5. The summed E-state index contributed by atoms with van der Waals surface area (Å²) < 4.78 is 10.6. The molecule has 0 aliphatic heterocycles. The number of benzene rings is 2. The highest BCUT2D eigenvalue weighted by Crippen LogP contribution is 2.33. The quantitative estimate of drug-likeness (QED) is 0.435. The van der Waals surface area contributed by atoms with E-state index in [0.717, 1.165) is 11.8 Å². The number of carboxylic acid groups (broad SMARTS) is 1. The number of carbonyl (C=O) groups is 1. The lowest BCUT2D eigenvalue weighted by atomic mass is 10.2. The van der Waals surface area contributed by atoms with Gasteiger partial charge in [0.25, 0.3) is 0 Å². The van der Waals surface area contributed by atoms with Crippen molar-refractivity contribution in [2.24, 2.45) is 0 Å². The van der Waals surface area contributed by atoms with Crippen LogP contribution in [0.3, 0.4) is 0 Å². The maximum atomic E-state index is 11.7. The molecule has 144 valence electrons. The van der Waals surface area contributed by atoms with Crippen LogP contribution in [0.15, 0.2) is 52.5 Å². The van der Waals surface area contributed by atoms with Crippen LogP contribution < -0.4 is 9.47 Å². The Hall–Kier alpha value is -2.97. The van der Waals surface area contributed by atoms with Crippen molar-refractivity contribution in [1.82, 2.24) is 15.2 Å². The molecule has 0 spiro atoms. The smallest absolute Gasteiger partial charge is 0.342 e. The highest BCUT2D eigenvalue weighted by molar-refractivity contribution is 8.04. The summed E-state index contributed by atoms with van der Waals surface area (Å²) in [5, 5.41) is 17.2. The Morgan fingerprint density at radius 1 is 1.18 bits per heavy atom. The van der Waals surface area contributed by atoms with Gasteiger partial charge in [-0.1, -0.05) is 29.8 Å². The number of hydrogen-bond acceptors (Lipinski definition) is 6. The molecule has 0 bridgehead atoms. The molecule has 0 aliphatic rings. The van der Waals surface area contributed by atoms with Crippen molar-refractivity contribution in [1.29, 1.82) is 0 Å². The van der Waals surface area contributed by atoms with Gasteiger partial charge in [-0.25, -0.2) is 9.78 Å². The van der Waals surface area contributed by atoms with Crippen LogP contribution in [0, 0.1) is 0 Å². The number of para-hydroxylation sites is 1. The van der Waals surface area contributed by atoms with Crippen LogP contribution in [-0.4, -0.2) is 40.5 Å². The third-order valence-electron chi connectivity index (χ3n) is 3.72. The summed E-state index contributed by atoms with van der Waals surface area (Å²) in [5.41, 5.74) is 1.27. The summed E-state index contributed by atoms with van der Waals surface area (Å²) in [6.07, 6.45) is 1.52. The number of halogens is 1. The van der Waals surface area contributed by atoms with Gasteiger partial charge in [0.05, 0.1) is 19.8 Å². The molecule has 3 aromatic rings. The Morgan fingerprint density at radius 3 is 2.64 bits per heavy atom. The van der Waals surface area contributed by atoms with Crippen molar-refractivity contribution in [3.05, 3.63) is 58.0 Å². The minimum atomic E-state index is -1.09. The lowest BCUT2D eigenvalue weighted by Gasteiger charge is -2.06. The number of carboxylic acids is 1. The van der Waals surface area contributed by atoms with Gasteiger partial charge in [0.1, 0.15) is 16.4 Å². The zero-order valence-corrected chi connectivity index (χ0v) is 16.5. The van der Waals surface area contributed by atoms with Gasteiger partial charge in [-0.2, -0.15) is 0 Å². The molecule has 0 saturated carbocycles. The Bertz CT molecular complexity index is 1040. The fourth-order valence-corrected chi connectivity index (χ4v) is 3.31. The highest BCUT2D eigenvalue weighted by atomic mass is 35.5. The molecule has 7 nitrogen and oxygen atoms in total. The van der Waals surface area contributed by atoms with Crippen molar-refractivity contribution in [2.75, 3.05) is 14.2 Å². The minimum Gasteiger partial charge on any atom is -0.496 e. The SMILES string of the molecule is COc1ccccc1/C=C(\Sc1n[nH]c(-c2cc(Cl)ccc2OC)n1)C(=O)O. The maximum Gasteiger partial charge on any atom is 0.342 e. The van der Waals surface area contributed by atoms with Gasteiger partial charge >= 0.3 is 5.97 Å². The van der Waals surface area contributed by atoms with E-state index in [1.54, 1.807) is 36.4 Å². The average Bonchev–Trinajstić information content (AvgIpc) is 3.16. The summed E-state index contributed by atoms with van der Waals surface area (Å²) >= 11 is 6.98. The molecule has 0 saturated heterocycles. The molecule has 0 fully saturated rings. The van der Waals surface area contributed by atoms with Gasteiger partial charge in [0.15, 0.2) is 5.82 Å². The number of H-pyrrole nitrogens is 1. The molecule has 1 aromatic heterocycles. The number of nitrogens with zero attached hydrogens (tertiary/aromatic N) is 2. The third-order valence-corrected chi connectivity index (χ3v) is 4.83. The minimum absolute atomic E-state index is 0.0492. The number of hydrogen-bond donors (Lipinski definition) is 2. The fourth-order valence-electron chi connectivity index (χ4n) is 2.44. The lowest BCUT2D eigenvalue weighted by Crippen LogP contribution is -1.98. The van der Waals surface area contributed by atoms with E-state index in [-0.39, 0.29) is 10.1 Å². The molecule has 0 amide bonds. The topological polar surface area (TPSA) is 97.3 Å². The van der Waals surface area contributed by atoms with E-state index in [4.69, 9.17) is 21.1 Å². The van der Waals surface area contributed by atoms with E-state index in [0.29, 0.717) is 33.5 Å². The second kappa shape index (κ2) is 8.81. The molecule has 0 radical (unpaired) electrons. The van der Waals surface area contributed by atoms with Crippen molar-refractivity contribution in [2.45, 2.75) is 5.16 Å². The number of aromatic amines is 1. The van der Waals surface area contributed by atoms with Crippen LogP contribution in [0.4, 0.5) is 0 Å². The van der Waals surface area contributed by atoms with Gasteiger partial charge in [0.2, 0.25) is 5.16 Å². The zero-order chi connectivity index (χ0) is 20.1. The third kappa shape index (κ3) is 4.47. The normalized spacial score (nSPS) is 11.3. The summed E-state index contributed by atoms with van der Waals surface area (Å²) in [5.74, 6) is 0.466. The monoisotopic (exact) mass is 417 g/mol. The number of rotatable bonds is 7. The molecule has 0 unspecified atom stereocenters. The molecular weight excluding hydrogens is 402 g/mol. The van der Waals surface area contributed by atoms with Crippen molar-refractivity contribution in [3.63, 3.8) is 0 Å². The molecular formula is C19H16ClN3O4S. The van der Waals surface area contributed by atoms with Crippen molar-refractivity contribution >= 4 is 35.4 Å². The van der Waals surface area contributed by atoms with Gasteiger partial charge in [0, 0.05) is 10.6 Å². The molecule has 9 heteroatoms. The van der Waals surface area contributed by atoms with E-state index >= 15 is 0 Å². The van der Waals surface area contributed by atoms with Crippen LogP contribution in [-0.2, 0) is 4.79 Å². The number of methoxy groups -OCH3 is 2. The van der Waals surface area contributed by atoms with Gasteiger partial charge in [-0.05, 0) is 42.1 Å². The van der Waals surface area contributed by atoms with Crippen LogP contribution in [0.1, 0.15) is 5.56 Å². The van der Waals surface area contributed by atoms with Crippen molar-refractivity contribution < 1.29 is 19.4 Å². The number of thioether (sulfide) groups is 1. The predicted octanol–water partition coefficient (Wildman–Crippen LogP) is 4.36. The fraction of sp³-hybridized carbons (Fsp3) is 0.105. The molecule has 3 rings (SSSR count). The average molecular weight is 418 g/mol. The van der Waals surface area contributed by atoms with Gasteiger partial charge < -0.3 is 14.6 Å². The van der Waals surface area contributed by atoms with E-state index in [1.807, 2.05) is 6.07 Å². The first kappa shape index (κ1) is 19.8. The summed E-state index contributed by atoms with van der Waals surface area (Å²) in [7, 11) is 3.07. The van der Waals surface area contributed by atoms with Gasteiger partial charge in [-0.15, -0.1) is 5.10 Å². The summed E-state index contributed by atoms with van der Waals surface area (Å²) in [4.78, 5) is 16.1. The zero-order valence-electron chi connectivity index (χ0n) is 15.0. The van der Waals surface area contributed by atoms with E-state index in [9.17, 15) is 9.90 Å². The Balaban J connectivity index is 1.91. The molecule has 1 heterocycles. The van der Waals surface area contributed by atoms with Crippen LogP contribution in [0.5, 0.6) is 11.5 Å². The van der Waals surface area contributed by atoms with Crippen LogP contribution in [0.25, 0.3) is 17.5 Å². The molecule has 2 aromatic carbocycles. The van der Waals surface area contributed by atoms with Crippen molar-refractivity contribution in [3.8, 4) is 22.9 Å². The number of aliphatic carboxylic acids is 1. The standard InChI is InChI=1S/C19H16ClN3O4S/c1-26-14-6-4-3-5-11(14)9-16(18(24)25)28-19-21-17(22-23-19)13-10-12(20)7-8-15(13)27-2/h3-10H,1-2H3,(H,24,25)(H,21,22,23)/b16-9-. The molecule has 0 aliphatic carbocycles. The molecule has 2 N–H and O–H groups in total. The highest BCUT2D eigenvalue weighted by Gasteiger charge is 2.17. The van der Waals surface area contributed by atoms with E-state index in [1.165, 1.54) is 20.3 Å². The number of aromatic nitrogens is 3. The lowest BCUT2D eigenvalue weighted by molar-refractivity contribution is -0.131.